The van der Waals surface area contributed by atoms with Crippen LogP contribution in [-0.2, 0) is 16.1 Å². The molecule has 22 heavy (non-hydrogen) atoms. The lowest BCUT2D eigenvalue weighted by molar-refractivity contribution is -0.146. The van der Waals surface area contributed by atoms with Gasteiger partial charge in [0.2, 0.25) is 5.91 Å². The van der Waals surface area contributed by atoms with E-state index in [1.807, 2.05) is 6.92 Å². The van der Waals surface area contributed by atoms with E-state index in [-0.39, 0.29) is 12.6 Å². The highest BCUT2D eigenvalue weighted by atomic mass is 16.4. The molecule has 8 heteroatoms. The number of nitrogens with zero attached hydrogens (tertiary/aromatic N) is 4. The van der Waals surface area contributed by atoms with Gasteiger partial charge in [0.15, 0.2) is 5.65 Å². The van der Waals surface area contributed by atoms with Crippen molar-refractivity contribution in [2.45, 2.75) is 32.9 Å². The Morgan fingerprint density at radius 2 is 2.14 bits per heavy atom. The first kappa shape index (κ1) is 15.7. The summed E-state index contributed by atoms with van der Waals surface area (Å²) in [6.07, 6.45) is 2.19. The Morgan fingerprint density at radius 1 is 1.41 bits per heavy atom. The maximum atomic E-state index is 12.3. The van der Waals surface area contributed by atoms with Crippen molar-refractivity contribution < 1.29 is 14.7 Å². The minimum Gasteiger partial charge on any atom is -0.480 e. The van der Waals surface area contributed by atoms with E-state index in [9.17, 15) is 14.4 Å². The maximum absolute atomic E-state index is 12.3. The Bertz CT molecular complexity index is 749. The molecular formula is C14H18N4O4. The maximum Gasteiger partial charge on any atom is 0.350 e. The summed E-state index contributed by atoms with van der Waals surface area (Å²) >= 11 is 0. The summed E-state index contributed by atoms with van der Waals surface area (Å²) < 4.78 is 2.38. The lowest BCUT2D eigenvalue weighted by atomic mass is 10.2. The van der Waals surface area contributed by atoms with E-state index >= 15 is 0 Å². The molecule has 2 rings (SSSR count). The van der Waals surface area contributed by atoms with Gasteiger partial charge in [0.1, 0.15) is 13.1 Å². The van der Waals surface area contributed by atoms with Crippen LogP contribution in [0.3, 0.4) is 0 Å². The van der Waals surface area contributed by atoms with Crippen LogP contribution < -0.4 is 5.69 Å². The molecule has 8 nitrogen and oxygen atoms in total. The van der Waals surface area contributed by atoms with Gasteiger partial charge >= 0.3 is 11.7 Å². The van der Waals surface area contributed by atoms with Crippen LogP contribution in [-0.4, -0.2) is 48.7 Å². The highest BCUT2D eigenvalue weighted by molar-refractivity contribution is 5.81. The van der Waals surface area contributed by atoms with Crippen LogP contribution in [0.1, 0.15) is 20.3 Å². The van der Waals surface area contributed by atoms with E-state index in [4.69, 9.17) is 5.11 Å². The van der Waals surface area contributed by atoms with Crippen molar-refractivity contribution >= 4 is 17.5 Å². The highest BCUT2D eigenvalue weighted by Crippen LogP contribution is 2.05. The Balaban J connectivity index is 2.26. The molecular weight excluding hydrogens is 288 g/mol. The summed E-state index contributed by atoms with van der Waals surface area (Å²) in [5, 5.41) is 13.0. The summed E-state index contributed by atoms with van der Waals surface area (Å²) in [7, 11) is 0. The lowest BCUT2D eigenvalue weighted by Crippen LogP contribution is -2.44. The monoisotopic (exact) mass is 306 g/mol. The number of carbonyl (C=O) groups is 2. The first-order valence-electron chi connectivity index (χ1n) is 6.99. The third-order valence-corrected chi connectivity index (χ3v) is 3.52. The van der Waals surface area contributed by atoms with Crippen LogP contribution in [0.15, 0.2) is 29.2 Å². The summed E-state index contributed by atoms with van der Waals surface area (Å²) in [4.78, 5) is 36.6. The Hall–Kier alpha value is -2.64. The van der Waals surface area contributed by atoms with Gasteiger partial charge in [-0.1, -0.05) is 13.0 Å². The molecule has 2 aromatic rings. The van der Waals surface area contributed by atoms with E-state index in [0.717, 1.165) is 4.68 Å². The molecule has 0 radical (unpaired) electrons. The summed E-state index contributed by atoms with van der Waals surface area (Å²) in [5.74, 6) is -1.53. The zero-order chi connectivity index (χ0) is 16.3. The Labute approximate surface area is 126 Å². The number of carboxylic acids is 1. The number of aliphatic carboxylic acids is 1. The quantitative estimate of drug-likeness (QED) is 0.822. The standard InChI is InChI=1S/C14H18N4O4/c1-3-10(2)17(9-13(20)21)12(19)8-18-14(22)16-7-5-4-6-11(16)15-18/h4-7,10H,3,8-9H2,1-2H3,(H,20,21). The molecule has 0 aliphatic rings. The molecule has 1 amide bonds. The van der Waals surface area contributed by atoms with Gasteiger partial charge in [0.05, 0.1) is 0 Å². The first-order chi connectivity index (χ1) is 10.4. The molecule has 2 aromatic heterocycles. The average Bonchev–Trinajstić information content (AvgIpc) is 2.80. The number of hydrogen-bond acceptors (Lipinski definition) is 4. The fourth-order valence-corrected chi connectivity index (χ4v) is 2.15. The molecule has 0 fully saturated rings. The van der Waals surface area contributed by atoms with Crippen LogP contribution >= 0.6 is 0 Å². The highest BCUT2D eigenvalue weighted by Gasteiger charge is 2.23. The first-order valence-corrected chi connectivity index (χ1v) is 6.99. The molecule has 0 bridgehead atoms. The minimum atomic E-state index is -1.09. The van der Waals surface area contributed by atoms with Gasteiger partial charge in [-0.05, 0) is 25.5 Å². The fourth-order valence-electron chi connectivity index (χ4n) is 2.15. The molecule has 118 valence electrons. The predicted octanol–water partition coefficient (Wildman–Crippen LogP) is 0.208. The van der Waals surface area contributed by atoms with E-state index in [0.29, 0.717) is 12.1 Å². The van der Waals surface area contributed by atoms with Gasteiger partial charge in [-0.15, -0.1) is 5.10 Å². The number of pyridine rings is 1. The van der Waals surface area contributed by atoms with Gasteiger partial charge < -0.3 is 10.0 Å². The SMILES string of the molecule is CCC(C)N(CC(=O)O)C(=O)Cn1nc2ccccn2c1=O. The second-order valence-corrected chi connectivity index (χ2v) is 5.04. The summed E-state index contributed by atoms with van der Waals surface area (Å²) in [6.45, 7) is 2.96. The van der Waals surface area contributed by atoms with Gasteiger partial charge in [-0.2, -0.15) is 0 Å². The van der Waals surface area contributed by atoms with Gasteiger partial charge in [-0.3, -0.25) is 14.0 Å². The number of carbonyl (C=O) groups excluding carboxylic acids is 1. The molecule has 0 aliphatic heterocycles. The zero-order valence-electron chi connectivity index (χ0n) is 12.5. The number of hydrogen-bond donors (Lipinski definition) is 1. The van der Waals surface area contributed by atoms with Gasteiger partial charge in [-0.25, -0.2) is 9.48 Å². The largest absolute Gasteiger partial charge is 0.480 e. The number of carboxylic acid groups (broad SMARTS) is 1. The summed E-state index contributed by atoms with van der Waals surface area (Å²) in [6, 6.07) is 4.87. The number of amides is 1. The number of rotatable bonds is 6. The number of fused-ring (bicyclic) bond motifs is 1. The topological polar surface area (TPSA) is 96.9 Å². The molecule has 2 heterocycles. The zero-order valence-corrected chi connectivity index (χ0v) is 12.5. The fraction of sp³-hybridized carbons (Fsp3) is 0.429. The number of aromatic nitrogens is 3. The average molecular weight is 306 g/mol. The van der Waals surface area contributed by atoms with Crippen LogP contribution in [0.2, 0.25) is 0 Å². The van der Waals surface area contributed by atoms with Crippen molar-refractivity contribution in [1.82, 2.24) is 19.1 Å². The van der Waals surface area contributed by atoms with Crippen molar-refractivity contribution in [2.75, 3.05) is 6.54 Å². The minimum absolute atomic E-state index is 0.226. The molecule has 0 aromatic carbocycles. The third kappa shape index (κ3) is 3.16. The molecule has 0 saturated heterocycles. The van der Waals surface area contributed by atoms with Crippen molar-refractivity contribution in [2.24, 2.45) is 0 Å². The molecule has 0 aliphatic carbocycles. The normalized spacial score (nSPS) is 12.3. The molecule has 1 N–H and O–H groups in total. The van der Waals surface area contributed by atoms with Crippen molar-refractivity contribution in [3.63, 3.8) is 0 Å². The second-order valence-electron chi connectivity index (χ2n) is 5.04. The smallest absolute Gasteiger partial charge is 0.350 e. The summed E-state index contributed by atoms with van der Waals surface area (Å²) in [5.41, 5.74) is 0.0111. The lowest BCUT2D eigenvalue weighted by Gasteiger charge is -2.26. The van der Waals surface area contributed by atoms with Crippen LogP contribution in [0, 0.1) is 0 Å². The van der Waals surface area contributed by atoms with E-state index in [1.54, 1.807) is 31.3 Å². The van der Waals surface area contributed by atoms with E-state index in [2.05, 4.69) is 5.10 Å². The molecule has 0 spiro atoms. The predicted molar refractivity (Wildman–Crippen MR) is 78.6 cm³/mol. The second kappa shape index (κ2) is 6.42. The Kier molecular flexibility index (Phi) is 4.59. The van der Waals surface area contributed by atoms with E-state index in [1.165, 1.54) is 9.30 Å². The van der Waals surface area contributed by atoms with Crippen LogP contribution in [0.5, 0.6) is 0 Å². The Morgan fingerprint density at radius 3 is 2.73 bits per heavy atom. The molecule has 1 atom stereocenters. The molecule has 1 unspecified atom stereocenters. The van der Waals surface area contributed by atoms with Crippen molar-refractivity contribution in [3.05, 3.63) is 34.9 Å². The van der Waals surface area contributed by atoms with Crippen molar-refractivity contribution in [1.29, 1.82) is 0 Å². The van der Waals surface area contributed by atoms with Crippen molar-refractivity contribution in [3.8, 4) is 0 Å². The van der Waals surface area contributed by atoms with Crippen LogP contribution in [0.25, 0.3) is 5.65 Å². The van der Waals surface area contributed by atoms with E-state index < -0.39 is 24.1 Å². The molecule has 0 saturated carbocycles. The van der Waals surface area contributed by atoms with Gasteiger partial charge in [0.25, 0.3) is 0 Å². The van der Waals surface area contributed by atoms with Crippen LogP contribution in [0.4, 0.5) is 0 Å². The van der Waals surface area contributed by atoms with Gasteiger partial charge in [0, 0.05) is 12.2 Å². The third-order valence-electron chi connectivity index (χ3n) is 3.52.